The van der Waals surface area contributed by atoms with Crippen LogP contribution >= 0.6 is 23.2 Å². The SMILES string of the molecule is CCOc1cc(Cl)c(N=NC(C(C)=O)C(=O)Nc2c(OC)cc(Cl)cc2OC)c(OCC)c1. The van der Waals surface area contributed by atoms with E-state index in [9.17, 15) is 9.59 Å². The molecule has 1 unspecified atom stereocenters. The smallest absolute Gasteiger partial charge is 0.259 e. The summed E-state index contributed by atoms with van der Waals surface area (Å²) in [7, 11) is 2.82. The summed E-state index contributed by atoms with van der Waals surface area (Å²) in [4.78, 5) is 25.1. The Labute approximate surface area is 202 Å². The van der Waals surface area contributed by atoms with Gasteiger partial charge in [-0.05, 0) is 20.8 Å². The van der Waals surface area contributed by atoms with Gasteiger partial charge < -0.3 is 24.3 Å². The van der Waals surface area contributed by atoms with Crippen molar-refractivity contribution in [2.24, 2.45) is 10.2 Å². The first-order valence-electron chi connectivity index (χ1n) is 9.98. The first kappa shape index (κ1) is 26.2. The monoisotopic (exact) mass is 497 g/mol. The van der Waals surface area contributed by atoms with E-state index >= 15 is 0 Å². The number of methoxy groups -OCH3 is 2. The Balaban J connectivity index is 2.39. The van der Waals surface area contributed by atoms with Gasteiger partial charge in [0.1, 0.15) is 28.6 Å². The Bertz CT molecular complexity index is 1020. The van der Waals surface area contributed by atoms with Crippen LogP contribution in [0.15, 0.2) is 34.5 Å². The minimum atomic E-state index is -1.47. The number of amides is 1. The zero-order chi connectivity index (χ0) is 24.5. The molecule has 1 N–H and O–H groups in total. The van der Waals surface area contributed by atoms with Crippen molar-refractivity contribution in [3.05, 3.63) is 34.3 Å². The Kier molecular flexibility index (Phi) is 9.74. The molecule has 0 aliphatic heterocycles. The van der Waals surface area contributed by atoms with E-state index in [0.29, 0.717) is 29.7 Å². The quantitative estimate of drug-likeness (QED) is 0.324. The van der Waals surface area contributed by atoms with E-state index in [4.69, 9.17) is 42.1 Å². The molecule has 0 aliphatic rings. The van der Waals surface area contributed by atoms with Crippen LogP contribution in [0, 0.1) is 0 Å². The molecule has 1 atom stereocenters. The zero-order valence-electron chi connectivity index (χ0n) is 18.9. The zero-order valence-corrected chi connectivity index (χ0v) is 20.4. The number of benzene rings is 2. The first-order valence-corrected chi connectivity index (χ1v) is 10.7. The lowest BCUT2D eigenvalue weighted by Gasteiger charge is -2.16. The van der Waals surface area contributed by atoms with Crippen molar-refractivity contribution < 1.29 is 28.5 Å². The number of carbonyl (C=O) groups is 2. The second-order valence-corrected chi connectivity index (χ2v) is 7.36. The molecular weight excluding hydrogens is 473 g/mol. The van der Waals surface area contributed by atoms with Gasteiger partial charge in [-0.15, -0.1) is 5.11 Å². The minimum absolute atomic E-state index is 0.169. The van der Waals surface area contributed by atoms with E-state index in [0.717, 1.165) is 0 Å². The lowest BCUT2D eigenvalue weighted by Crippen LogP contribution is -2.32. The maximum Gasteiger partial charge on any atom is 0.259 e. The number of carbonyl (C=O) groups excluding carboxylic acids is 2. The summed E-state index contributed by atoms with van der Waals surface area (Å²) < 4.78 is 21.6. The molecule has 178 valence electrons. The van der Waals surface area contributed by atoms with Crippen LogP contribution in [0.1, 0.15) is 20.8 Å². The van der Waals surface area contributed by atoms with Gasteiger partial charge in [0.05, 0.1) is 32.5 Å². The summed E-state index contributed by atoms with van der Waals surface area (Å²) in [6.07, 6.45) is 0. The molecule has 0 saturated carbocycles. The predicted octanol–water partition coefficient (Wildman–Crippen LogP) is 5.49. The summed E-state index contributed by atoms with van der Waals surface area (Å²) in [5, 5.41) is 11.1. The first-order chi connectivity index (χ1) is 15.7. The number of ketones is 1. The summed E-state index contributed by atoms with van der Waals surface area (Å²) in [5.41, 5.74) is 0.368. The molecule has 33 heavy (non-hydrogen) atoms. The fraction of sp³-hybridized carbons (Fsp3) is 0.364. The number of azo groups is 1. The number of nitrogens with one attached hydrogen (secondary N) is 1. The van der Waals surface area contributed by atoms with Gasteiger partial charge in [0.25, 0.3) is 5.91 Å². The highest BCUT2D eigenvalue weighted by molar-refractivity contribution is 6.33. The fourth-order valence-corrected chi connectivity index (χ4v) is 3.23. The summed E-state index contributed by atoms with van der Waals surface area (Å²) >= 11 is 12.4. The van der Waals surface area contributed by atoms with Crippen LogP contribution in [0.25, 0.3) is 0 Å². The number of hydrogen-bond acceptors (Lipinski definition) is 8. The maximum atomic E-state index is 12.9. The van der Waals surface area contributed by atoms with Crippen molar-refractivity contribution in [2.45, 2.75) is 26.8 Å². The maximum absolute atomic E-state index is 12.9. The standard InChI is InChI=1S/C22H25Cl2N3O6/c1-6-32-14-10-15(24)20(18(11-14)33-7-2)27-26-19(12(3)28)22(29)25-21-16(30-4)8-13(23)9-17(21)31-5/h8-11,19H,6-7H2,1-5H3,(H,25,29). The third-order valence-electron chi connectivity index (χ3n) is 4.24. The second-order valence-electron chi connectivity index (χ2n) is 6.52. The van der Waals surface area contributed by atoms with E-state index in [-0.39, 0.29) is 27.9 Å². The average molecular weight is 498 g/mol. The number of halogens is 2. The molecular formula is C22H25Cl2N3O6. The highest BCUT2D eigenvalue weighted by Gasteiger charge is 2.26. The van der Waals surface area contributed by atoms with Crippen molar-refractivity contribution >= 4 is 46.3 Å². The molecule has 0 radical (unpaired) electrons. The normalized spacial score (nSPS) is 11.7. The number of anilines is 1. The van der Waals surface area contributed by atoms with Crippen molar-refractivity contribution in [3.63, 3.8) is 0 Å². The van der Waals surface area contributed by atoms with Crippen LogP contribution < -0.4 is 24.3 Å². The van der Waals surface area contributed by atoms with Gasteiger partial charge in [0, 0.05) is 29.3 Å². The Hall–Kier alpha value is -3.04. The van der Waals surface area contributed by atoms with Gasteiger partial charge in [-0.2, -0.15) is 5.11 Å². The number of rotatable bonds is 11. The average Bonchev–Trinajstić information content (AvgIpc) is 2.76. The summed E-state index contributed by atoms with van der Waals surface area (Å²) in [6.45, 7) is 5.63. The molecule has 0 bridgehead atoms. The van der Waals surface area contributed by atoms with Crippen LogP contribution in [0.3, 0.4) is 0 Å². The largest absolute Gasteiger partial charge is 0.494 e. The summed E-state index contributed by atoms with van der Waals surface area (Å²) in [5.74, 6) is 0.0160. The highest BCUT2D eigenvalue weighted by atomic mass is 35.5. The number of Topliss-reactive ketones (excluding diaryl/α,β-unsaturated/α-hetero) is 1. The van der Waals surface area contributed by atoms with Crippen LogP contribution in [-0.4, -0.2) is 45.2 Å². The van der Waals surface area contributed by atoms with E-state index in [2.05, 4.69) is 15.5 Å². The molecule has 1 amide bonds. The number of ether oxygens (including phenoxy) is 4. The predicted molar refractivity (Wildman–Crippen MR) is 126 cm³/mol. The van der Waals surface area contributed by atoms with Gasteiger partial charge in [-0.1, -0.05) is 23.2 Å². The van der Waals surface area contributed by atoms with E-state index in [1.165, 1.54) is 33.3 Å². The highest BCUT2D eigenvalue weighted by Crippen LogP contribution is 2.40. The second kappa shape index (κ2) is 12.3. The van der Waals surface area contributed by atoms with Crippen LogP contribution in [-0.2, 0) is 9.59 Å². The van der Waals surface area contributed by atoms with E-state index < -0.39 is 17.7 Å². The Morgan fingerprint density at radius 3 is 2.09 bits per heavy atom. The number of nitrogens with zero attached hydrogens (tertiary/aromatic N) is 2. The molecule has 0 spiro atoms. The number of hydrogen-bond donors (Lipinski definition) is 1. The van der Waals surface area contributed by atoms with Gasteiger partial charge in [0.15, 0.2) is 11.5 Å². The van der Waals surface area contributed by atoms with Gasteiger partial charge in [-0.3, -0.25) is 9.59 Å². The van der Waals surface area contributed by atoms with Gasteiger partial charge >= 0.3 is 0 Å². The van der Waals surface area contributed by atoms with Crippen LogP contribution in [0.4, 0.5) is 11.4 Å². The molecule has 2 aromatic rings. The molecule has 2 aromatic carbocycles. The third kappa shape index (κ3) is 6.72. The lowest BCUT2D eigenvalue weighted by atomic mass is 10.2. The van der Waals surface area contributed by atoms with Gasteiger partial charge in [0.2, 0.25) is 6.04 Å². The van der Waals surface area contributed by atoms with E-state index in [1.807, 2.05) is 6.92 Å². The molecule has 11 heteroatoms. The van der Waals surface area contributed by atoms with Crippen LogP contribution in [0.5, 0.6) is 23.0 Å². The molecule has 2 rings (SSSR count). The molecule has 0 fully saturated rings. The third-order valence-corrected chi connectivity index (χ3v) is 4.74. The van der Waals surface area contributed by atoms with Crippen molar-refractivity contribution in [1.82, 2.24) is 0 Å². The Morgan fingerprint density at radius 2 is 1.58 bits per heavy atom. The van der Waals surface area contributed by atoms with E-state index in [1.54, 1.807) is 19.1 Å². The van der Waals surface area contributed by atoms with Crippen molar-refractivity contribution in [2.75, 3.05) is 32.8 Å². The molecule has 0 saturated heterocycles. The van der Waals surface area contributed by atoms with Crippen molar-refractivity contribution in [3.8, 4) is 23.0 Å². The molecule has 9 nitrogen and oxygen atoms in total. The van der Waals surface area contributed by atoms with Crippen LogP contribution in [0.2, 0.25) is 10.0 Å². The van der Waals surface area contributed by atoms with Gasteiger partial charge in [-0.25, -0.2) is 0 Å². The fourth-order valence-electron chi connectivity index (χ4n) is 2.79. The molecule has 0 aromatic heterocycles. The topological polar surface area (TPSA) is 108 Å². The minimum Gasteiger partial charge on any atom is -0.494 e. The summed E-state index contributed by atoms with van der Waals surface area (Å²) in [6, 6.07) is 4.69. The Morgan fingerprint density at radius 1 is 0.970 bits per heavy atom. The molecule has 0 heterocycles. The lowest BCUT2D eigenvalue weighted by molar-refractivity contribution is -0.126. The van der Waals surface area contributed by atoms with Crippen molar-refractivity contribution in [1.29, 1.82) is 0 Å². The molecule has 0 aliphatic carbocycles.